The normalized spacial score (nSPS) is 26.7. The van der Waals surface area contributed by atoms with Crippen molar-refractivity contribution in [1.29, 1.82) is 5.41 Å². The molecule has 4 nitrogen and oxygen atoms in total. The molecule has 2 fully saturated rings. The van der Waals surface area contributed by atoms with Gasteiger partial charge in [-0.15, -0.1) is 0 Å². The van der Waals surface area contributed by atoms with Crippen LogP contribution in [0.4, 0.5) is 0 Å². The van der Waals surface area contributed by atoms with E-state index in [0.717, 1.165) is 25.0 Å². The van der Waals surface area contributed by atoms with Crippen LogP contribution in [0, 0.1) is 23.2 Å². The Labute approximate surface area is 181 Å². The van der Waals surface area contributed by atoms with E-state index in [0.29, 0.717) is 30.1 Å². The summed E-state index contributed by atoms with van der Waals surface area (Å²) in [4.78, 5) is 23.5. The van der Waals surface area contributed by atoms with Crippen molar-refractivity contribution >= 4 is 18.5 Å². The standard InChI is InChI=1S/C26H37NO3/c1-2-3-4-5-19-6-10-21(11-7-19)23-14-15-25(24(16-23)17-27)30-26(29)22-12-8-20(18-28)9-13-22/h14-22,27H,2-13H2,1H3. The summed E-state index contributed by atoms with van der Waals surface area (Å²) in [5, 5.41) is 7.81. The summed E-state index contributed by atoms with van der Waals surface area (Å²) in [5.41, 5.74) is 1.96. The maximum Gasteiger partial charge on any atom is 0.314 e. The lowest BCUT2D eigenvalue weighted by Crippen LogP contribution is -2.26. The number of ether oxygens (including phenoxy) is 1. The third kappa shape index (κ3) is 6.02. The molecule has 4 heteroatoms. The maximum absolute atomic E-state index is 12.6. The van der Waals surface area contributed by atoms with Gasteiger partial charge in [-0.1, -0.05) is 38.7 Å². The van der Waals surface area contributed by atoms with E-state index >= 15 is 0 Å². The van der Waals surface area contributed by atoms with Crippen LogP contribution in [0.5, 0.6) is 5.75 Å². The molecule has 2 saturated carbocycles. The van der Waals surface area contributed by atoms with Gasteiger partial charge in [-0.3, -0.25) is 4.79 Å². The summed E-state index contributed by atoms with van der Waals surface area (Å²) in [5.74, 6) is 1.65. The highest BCUT2D eigenvalue weighted by atomic mass is 16.5. The molecular weight excluding hydrogens is 374 g/mol. The molecule has 1 aromatic carbocycles. The summed E-state index contributed by atoms with van der Waals surface area (Å²) >= 11 is 0. The van der Waals surface area contributed by atoms with Gasteiger partial charge in [0.15, 0.2) is 0 Å². The first-order valence-electron chi connectivity index (χ1n) is 12.0. The summed E-state index contributed by atoms with van der Waals surface area (Å²) in [6, 6.07) is 6.00. The minimum atomic E-state index is -0.220. The van der Waals surface area contributed by atoms with Gasteiger partial charge in [-0.25, -0.2) is 0 Å². The van der Waals surface area contributed by atoms with Crippen LogP contribution < -0.4 is 4.74 Å². The first-order valence-corrected chi connectivity index (χ1v) is 12.0. The highest BCUT2D eigenvalue weighted by Crippen LogP contribution is 2.39. The first kappa shape index (κ1) is 22.7. The second-order valence-electron chi connectivity index (χ2n) is 9.32. The van der Waals surface area contributed by atoms with Crippen LogP contribution in [-0.2, 0) is 9.59 Å². The van der Waals surface area contributed by atoms with Crippen LogP contribution in [0.1, 0.15) is 101 Å². The summed E-state index contributed by atoms with van der Waals surface area (Å²) < 4.78 is 5.68. The van der Waals surface area contributed by atoms with Gasteiger partial charge in [0.05, 0.1) is 5.92 Å². The average Bonchev–Trinajstić information content (AvgIpc) is 2.80. The topological polar surface area (TPSA) is 67.2 Å². The van der Waals surface area contributed by atoms with Gasteiger partial charge < -0.3 is 14.9 Å². The van der Waals surface area contributed by atoms with Crippen molar-refractivity contribution in [3.8, 4) is 5.75 Å². The van der Waals surface area contributed by atoms with Gasteiger partial charge in [0.1, 0.15) is 12.0 Å². The quantitative estimate of drug-likeness (QED) is 0.167. The molecule has 0 aromatic heterocycles. The minimum Gasteiger partial charge on any atom is -0.426 e. The average molecular weight is 412 g/mol. The van der Waals surface area contributed by atoms with Crippen molar-refractivity contribution in [3.63, 3.8) is 0 Å². The Hall–Kier alpha value is -1.97. The van der Waals surface area contributed by atoms with Gasteiger partial charge in [-0.05, 0) is 80.9 Å². The fourth-order valence-electron chi connectivity index (χ4n) is 5.18. The molecule has 2 aliphatic carbocycles. The number of carbonyl (C=O) groups excluding carboxylic acids is 2. The molecule has 3 rings (SSSR count). The van der Waals surface area contributed by atoms with Crippen LogP contribution in [0.2, 0.25) is 0 Å². The van der Waals surface area contributed by atoms with Crippen molar-refractivity contribution in [3.05, 3.63) is 29.3 Å². The molecule has 0 amide bonds. The SMILES string of the molecule is CCCCCC1CCC(c2ccc(OC(=O)C3CCC(C=O)CC3)c(C=N)c2)CC1. The number of aldehydes is 1. The van der Waals surface area contributed by atoms with E-state index in [1.54, 1.807) is 0 Å². The lowest BCUT2D eigenvalue weighted by atomic mass is 9.77. The number of unbranched alkanes of at least 4 members (excludes halogenated alkanes) is 2. The fraction of sp³-hybridized carbons (Fsp3) is 0.654. The molecule has 0 saturated heterocycles. The van der Waals surface area contributed by atoms with Gasteiger partial charge in [0, 0.05) is 17.7 Å². The van der Waals surface area contributed by atoms with Gasteiger partial charge >= 0.3 is 5.97 Å². The Morgan fingerprint density at radius 3 is 2.43 bits per heavy atom. The van der Waals surface area contributed by atoms with Gasteiger partial charge in [0.25, 0.3) is 0 Å². The van der Waals surface area contributed by atoms with Crippen molar-refractivity contribution in [2.45, 2.75) is 89.9 Å². The minimum absolute atomic E-state index is 0.0900. The van der Waals surface area contributed by atoms with E-state index in [2.05, 4.69) is 13.0 Å². The summed E-state index contributed by atoms with van der Waals surface area (Å²) in [7, 11) is 0. The van der Waals surface area contributed by atoms with Crippen molar-refractivity contribution in [2.24, 2.45) is 17.8 Å². The predicted molar refractivity (Wildman–Crippen MR) is 120 cm³/mol. The summed E-state index contributed by atoms with van der Waals surface area (Å²) in [6.45, 7) is 2.26. The molecule has 0 radical (unpaired) electrons. The largest absolute Gasteiger partial charge is 0.426 e. The zero-order chi connectivity index (χ0) is 21.3. The van der Waals surface area contributed by atoms with Crippen LogP contribution in [0.3, 0.4) is 0 Å². The number of nitrogens with one attached hydrogen (secondary N) is 1. The number of benzene rings is 1. The third-order valence-electron chi connectivity index (χ3n) is 7.23. The lowest BCUT2D eigenvalue weighted by molar-refractivity contribution is -0.140. The van der Waals surface area contributed by atoms with Crippen LogP contribution in [0.25, 0.3) is 0 Å². The van der Waals surface area contributed by atoms with Crippen molar-refractivity contribution in [1.82, 2.24) is 0 Å². The summed E-state index contributed by atoms with van der Waals surface area (Å²) in [6.07, 6.45) is 15.7. The van der Waals surface area contributed by atoms with Gasteiger partial charge in [-0.2, -0.15) is 0 Å². The second-order valence-corrected chi connectivity index (χ2v) is 9.32. The van der Waals surface area contributed by atoms with E-state index in [1.807, 2.05) is 12.1 Å². The highest BCUT2D eigenvalue weighted by molar-refractivity contribution is 5.84. The zero-order valence-corrected chi connectivity index (χ0v) is 18.4. The Kier molecular flexibility index (Phi) is 8.65. The highest BCUT2D eigenvalue weighted by Gasteiger charge is 2.28. The van der Waals surface area contributed by atoms with Crippen molar-refractivity contribution < 1.29 is 14.3 Å². The molecule has 2 aliphatic rings. The molecule has 0 aliphatic heterocycles. The fourth-order valence-corrected chi connectivity index (χ4v) is 5.18. The number of carbonyl (C=O) groups is 2. The number of esters is 1. The van der Waals surface area contributed by atoms with Crippen LogP contribution in [-0.4, -0.2) is 18.5 Å². The Morgan fingerprint density at radius 1 is 1.07 bits per heavy atom. The molecule has 0 heterocycles. The van der Waals surface area contributed by atoms with E-state index in [-0.39, 0.29) is 17.8 Å². The maximum atomic E-state index is 12.6. The molecular formula is C26H37NO3. The van der Waals surface area contributed by atoms with Crippen LogP contribution in [0.15, 0.2) is 18.2 Å². The van der Waals surface area contributed by atoms with Gasteiger partial charge in [0.2, 0.25) is 0 Å². The monoisotopic (exact) mass is 411 g/mol. The molecule has 0 spiro atoms. The molecule has 30 heavy (non-hydrogen) atoms. The van der Waals surface area contributed by atoms with E-state index in [1.165, 1.54) is 63.1 Å². The molecule has 1 N–H and O–H groups in total. The van der Waals surface area contributed by atoms with Crippen LogP contribution >= 0.6 is 0 Å². The lowest BCUT2D eigenvalue weighted by Gasteiger charge is -2.29. The number of hydrogen-bond acceptors (Lipinski definition) is 4. The molecule has 1 aromatic rings. The Balaban J connectivity index is 1.55. The third-order valence-corrected chi connectivity index (χ3v) is 7.23. The molecule has 0 atom stereocenters. The van der Waals surface area contributed by atoms with E-state index in [4.69, 9.17) is 10.1 Å². The van der Waals surface area contributed by atoms with E-state index < -0.39 is 0 Å². The number of rotatable bonds is 9. The number of hydrogen-bond donors (Lipinski definition) is 1. The molecule has 0 bridgehead atoms. The Morgan fingerprint density at radius 2 is 1.80 bits per heavy atom. The zero-order valence-electron chi connectivity index (χ0n) is 18.4. The Bertz CT molecular complexity index is 713. The smallest absolute Gasteiger partial charge is 0.314 e. The first-order chi connectivity index (χ1) is 14.6. The van der Waals surface area contributed by atoms with E-state index in [9.17, 15) is 9.59 Å². The molecule has 164 valence electrons. The second kappa shape index (κ2) is 11.4. The molecule has 0 unspecified atom stereocenters. The predicted octanol–water partition coefficient (Wildman–Crippen LogP) is 6.45. The van der Waals surface area contributed by atoms with Crippen molar-refractivity contribution in [2.75, 3.05) is 0 Å².